The Morgan fingerprint density at radius 3 is 3.08 bits per heavy atom. The predicted molar refractivity (Wildman–Crippen MR) is 42.9 cm³/mol. The molecule has 1 aromatic heterocycles. The van der Waals surface area contributed by atoms with Crippen molar-refractivity contribution in [2.75, 3.05) is 6.54 Å². The monoisotopic (exact) mass is 166 g/mol. The number of nitrogens with zero attached hydrogens (tertiary/aromatic N) is 2. The van der Waals surface area contributed by atoms with Gasteiger partial charge in [-0.05, 0) is 12.1 Å². The fraction of sp³-hybridized carbons (Fsp3) is 0.286. The summed E-state index contributed by atoms with van der Waals surface area (Å²) in [4.78, 5) is 10.7. The number of hydrogen-bond donors (Lipinski definition) is 2. The van der Waals surface area contributed by atoms with Crippen LogP contribution < -0.4 is 11.1 Å². The van der Waals surface area contributed by atoms with E-state index in [9.17, 15) is 4.79 Å². The lowest BCUT2D eigenvalue weighted by Crippen LogP contribution is -2.30. The molecule has 0 aliphatic rings. The van der Waals surface area contributed by atoms with Crippen molar-refractivity contribution in [2.45, 2.75) is 6.54 Å². The maximum atomic E-state index is 10.7. The van der Waals surface area contributed by atoms with Crippen LogP contribution in [0.2, 0.25) is 0 Å². The smallest absolute Gasteiger partial charge is 0.234 e. The summed E-state index contributed by atoms with van der Waals surface area (Å²) in [6.07, 6.45) is 1.58. The van der Waals surface area contributed by atoms with Gasteiger partial charge >= 0.3 is 0 Å². The van der Waals surface area contributed by atoms with Gasteiger partial charge in [0.25, 0.3) is 0 Å². The van der Waals surface area contributed by atoms with Crippen molar-refractivity contribution in [2.24, 2.45) is 5.73 Å². The van der Waals surface area contributed by atoms with Gasteiger partial charge in [-0.2, -0.15) is 10.2 Å². The van der Waals surface area contributed by atoms with E-state index in [0.717, 1.165) is 5.69 Å². The number of nitrogens with two attached hydrogens (primary N) is 1. The lowest BCUT2D eigenvalue weighted by molar-refractivity contribution is -0.119. The fourth-order valence-corrected chi connectivity index (χ4v) is 0.689. The maximum absolute atomic E-state index is 10.7. The molecule has 5 heteroatoms. The van der Waals surface area contributed by atoms with Crippen molar-refractivity contribution in [3.63, 3.8) is 0 Å². The van der Waals surface area contributed by atoms with Crippen LogP contribution in [0.4, 0.5) is 0 Å². The van der Waals surface area contributed by atoms with Gasteiger partial charge in [0, 0.05) is 6.20 Å². The minimum Gasteiger partial charge on any atom is -0.349 e. The van der Waals surface area contributed by atoms with Gasteiger partial charge in [-0.15, -0.1) is 0 Å². The highest BCUT2D eigenvalue weighted by Crippen LogP contribution is 1.88. The Hall–Kier alpha value is -1.49. The van der Waals surface area contributed by atoms with Crippen LogP contribution in [0, 0.1) is 0 Å². The third-order valence-corrected chi connectivity index (χ3v) is 1.28. The molecule has 0 saturated heterocycles. The number of nitrogens with one attached hydrogen (secondary N) is 1. The molecule has 0 aliphatic heterocycles. The quantitative estimate of drug-likeness (QED) is 0.606. The first-order chi connectivity index (χ1) is 5.83. The topological polar surface area (TPSA) is 80.9 Å². The second-order valence-corrected chi connectivity index (χ2v) is 2.20. The van der Waals surface area contributed by atoms with Gasteiger partial charge in [-0.1, -0.05) is 0 Å². The molecule has 0 saturated carbocycles. The Morgan fingerprint density at radius 2 is 2.50 bits per heavy atom. The zero-order valence-corrected chi connectivity index (χ0v) is 6.53. The largest absolute Gasteiger partial charge is 0.349 e. The van der Waals surface area contributed by atoms with Gasteiger partial charge in [0.2, 0.25) is 5.91 Å². The zero-order valence-electron chi connectivity index (χ0n) is 6.53. The molecule has 12 heavy (non-hydrogen) atoms. The van der Waals surface area contributed by atoms with Crippen LogP contribution in [-0.4, -0.2) is 22.6 Å². The van der Waals surface area contributed by atoms with Crippen LogP contribution in [0.25, 0.3) is 0 Å². The highest BCUT2D eigenvalue weighted by molar-refractivity contribution is 5.77. The minimum absolute atomic E-state index is 0.000260. The number of aromatic nitrogens is 2. The molecule has 3 N–H and O–H groups in total. The van der Waals surface area contributed by atoms with E-state index in [1.807, 2.05) is 0 Å². The molecule has 0 unspecified atom stereocenters. The molecule has 0 atom stereocenters. The minimum atomic E-state index is -0.194. The van der Waals surface area contributed by atoms with Gasteiger partial charge in [-0.3, -0.25) is 4.79 Å². The lowest BCUT2D eigenvalue weighted by Gasteiger charge is -2.00. The van der Waals surface area contributed by atoms with Crippen LogP contribution in [0.1, 0.15) is 5.69 Å². The van der Waals surface area contributed by atoms with Crippen LogP contribution in [0.5, 0.6) is 0 Å². The van der Waals surface area contributed by atoms with E-state index in [1.165, 1.54) is 0 Å². The molecular weight excluding hydrogens is 156 g/mol. The van der Waals surface area contributed by atoms with Crippen molar-refractivity contribution >= 4 is 5.91 Å². The molecule has 1 heterocycles. The van der Waals surface area contributed by atoms with E-state index in [2.05, 4.69) is 15.5 Å². The molecular formula is C7H10N4O. The molecule has 64 valence electrons. The van der Waals surface area contributed by atoms with Crippen molar-refractivity contribution in [1.82, 2.24) is 15.5 Å². The van der Waals surface area contributed by atoms with E-state index < -0.39 is 0 Å². The number of hydrogen-bond acceptors (Lipinski definition) is 4. The van der Waals surface area contributed by atoms with E-state index in [0.29, 0.717) is 6.54 Å². The Labute approximate surface area is 70.0 Å². The average Bonchev–Trinajstić information content (AvgIpc) is 2.16. The van der Waals surface area contributed by atoms with Crippen LogP contribution in [0.3, 0.4) is 0 Å². The standard InChI is InChI=1S/C7H10N4O/c8-4-7(12)9-5-6-2-1-3-10-11-6/h1-3H,4-5,8H2,(H,9,12). The van der Waals surface area contributed by atoms with Crippen molar-refractivity contribution < 1.29 is 4.79 Å². The van der Waals surface area contributed by atoms with Crippen molar-refractivity contribution in [1.29, 1.82) is 0 Å². The van der Waals surface area contributed by atoms with Crippen molar-refractivity contribution in [3.05, 3.63) is 24.0 Å². The van der Waals surface area contributed by atoms with E-state index in [4.69, 9.17) is 5.73 Å². The summed E-state index contributed by atoms with van der Waals surface area (Å²) in [5, 5.41) is 10.0. The Balaban J connectivity index is 2.38. The number of rotatable bonds is 3. The second kappa shape index (κ2) is 4.40. The van der Waals surface area contributed by atoms with Gasteiger partial charge in [0.1, 0.15) is 0 Å². The maximum Gasteiger partial charge on any atom is 0.234 e. The van der Waals surface area contributed by atoms with Crippen LogP contribution >= 0.6 is 0 Å². The summed E-state index contributed by atoms with van der Waals surface area (Å²) in [6, 6.07) is 3.54. The number of amides is 1. The third kappa shape index (κ3) is 2.63. The Bertz CT molecular complexity index is 249. The van der Waals surface area contributed by atoms with Gasteiger partial charge in [0.05, 0.1) is 18.8 Å². The molecule has 0 bridgehead atoms. The lowest BCUT2D eigenvalue weighted by atomic mass is 10.4. The molecule has 0 aromatic carbocycles. The Kier molecular flexibility index (Phi) is 3.16. The molecule has 1 rings (SSSR count). The molecule has 0 aliphatic carbocycles. The summed E-state index contributed by atoms with van der Waals surface area (Å²) in [7, 11) is 0. The first-order valence-electron chi connectivity index (χ1n) is 3.56. The fourth-order valence-electron chi connectivity index (χ4n) is 0.689. The third-order valence-electron chi connectivity index (χ3n) is 1.28. The first-order valence-corrected chi connectivity index (χ1v) is 3.56. The van der Waals surface area contributed by atoms with Gasteiger partial charge < -0.3 is 11.1 Å². The highest BCUT2D eigenvalue weighted by Gasteiger charge is 1.97. The predicted octanol–water partition coefficient (Wildman–Crippen LogP) is -0.949. The van der Waals surface area contributed by atoms with Gasteiger partial charge in [-0.25, -0.2) is 0 Å². The van der Waals surface area contributed by atoms with Crippen LogP contribution in [-0.2, 0) is 11.3 Å². The molecule has 5 nitrogen and oxygen atoms in total. The summed E-state index contributed by atoms with van der Waals surface area (Å²) < 4.78 is 0. The molecule has 1 aromatic rings. The van der Waals surface area contributed by atoms with E-state index in [1.54, 1.807) is 18.3 Å². The number of carbonyl (C=O) groups is 1. The normalized spacial score (nSPS) is 9.42. The SMILES string of the molecule is NCC(=O)NCc1cccnn1. The molecule has 1 amide bonds. The number of carbonyl (C=O) groups excluding carboxylic acids is 1. The highest BCUT2D eigenvalue weighted by atomic mass is 16.1. The first kappa shape index (κ1) is 8.61. The van der Waals surface area contributed by atoms with Crippen LogP contribution in [0.15, 0.2) is 18.3 Å². The van der Waals surface area contributed by atoms with Gasteiger partial charge in [0.15, 0.2) is 0 Å². The molecule has 0 fully saturated rings. The zero-order chi connectivity index (χ0) is 8.81. The summed E-state index contributed by atoms with van der Waals surface area (Å²) in [5.41, 5.74) is 5.81. The summed E-state index contributed by atoms with van der Waals surface area (Å²) in [6.45, 7) is 0.379. The molecule has 0 spiro atoms. The van der Waals surface area contributed by atoms with E-state index in [-0.39, 0.29) is 12.5 Å². The average molecular weight is 166 g/mol. The summed E-state index contributed by atoms with van der Waals surface area (Å²) >= 11 is 0. The van der Waals surface area contributed by atoms with E-state index >= 15 is 0 Å². The van der Waals surface area contributed by atoms with Crippen molar-refractivity contribution in [3.8, 4) is 0 Å². The summed E-state index contributed by atoms with van der Waals surface area (Å²) in [5.74, 6) is -0.194. The second-order valence-electron chi connectivity index (χ2n) is 2.20. The molecule has 0 radical (unpaired) electrons. The Morgan fingerprint density at radius 1 is 1.67 bits per heavy atom.